The van der Waals surface area contributed by atoms with E-state index in [9.17, 15) is 5.11 Å². The van der Waals surface area contributed by atoms with Crippen LogP contribution in [0.25, 0.3) is 0 Å². The Bertz CT molecular complexity index is 346. The number of hydrogen-bond acceptors (Lipinski definition) is 3. The minimum atomic E-state index is -0.561. The Balaban J connectivity index is 2.26. The van der Waals surface area contributed by atoms with Gasteiger partial charge in [0, 0.05) is 6.61 Å². The minimum Gasteiger partial charge on any atom is -0.494 e. The summed E-state index contributed by atoms with van der Waals surface area (Å²) in [6, 6.07) is 7.58. The quantitative estimate of drug-likeness (QED) is 0.659. The average molecular weight is 280 g/mol. The number of aliphatic hydroxyl groups excluding tert-OH is 1. The van der Waals surface area contributed by atoms with Gasteiger partial charge in [-0.05, 0) is 42.9 Å². The molecule has 0 aliphatic rings. The smallest absolute Gasteiger partial charge is 0.119 e. The monoisotopic (exact) mass is 280 g/mol. The van der Waals surface area contributed by atoms with Crippen LogP contribution in [0.1, 0.15) is 51.7 Å². The van der Waals surface area contributed by atoms with E-state index >= 15 is 0 Å². The lowest BCUT2D eigenvalue weighted by Gasteiger charge is -2.13. The zero-order valence-electron chi connectivity index (χ0n) is 13.0. The van der Waals surface area contributed by atoms with Crippen molar-refractivity contribution < 1.29 is 14.6 Å². The van der Waals surface area contributed by atoms with Gasteiger partial charge in [0.05, 0.1) is 13.2 Å². The Morgan fingerprint density at radius 2 is 1.80 bits per heavy atom. The number of benzene rings is 1. The van der Waals surface area contributed by atoms with Crippen molar-refractivity contribution in [2.24, 2.45) is 5.92 Å². The molecule has 1 unspecified atom stereocenters. The normalized spacial score (nSPS) is 12.7. The summed E-state index contributed by atoms with van der Waals surface area (Å²) in [6.07, 6.45) is 2.65. The summed E-state index contributed by atoms with van der Waals surface area (Å²) in [7, 11) is 0. The standard InChI is InChI=1S/C17H28O3/c1-4-11-20-16-9-7-15(8-10-16)17(18)13-19-12-5-6-14(2)3/h7-10,14,17-18H,4-6,11-13H2,1-3H3. The topological polar surface area (TPSA) is 38.7 Å². The molecule has 0 aliphatic carbocycles. The highest BCUT2D eigenvalue weighted by atomic mass is 16.5. The summed E-state index contributed by atoms with van der Waals surface area (Å²) in [5.74, 6) is 1.56. The first-order valence-electron chi connectivity index (χ1n) is 7.62. The van der Waals surface area contributed by atoms with Gasteiger partial charge in [0.2, 0.25) is 0 Å². The average Bonchev–Trinajstić information content (AvgIpc) is 2.44. The van der Waals surface area contributed by atoms with Gasteiger partial charge in [-0.15, -0.1) is 0 Å². The molecule has 0 saturated carbocycles. The van der Waals surface area contributed by atoms with Crippen molar-refractivity contribution in [1.29, 1.82) is 0 Å². The van der Waals surface area contributed by atoms with Crippen LogP contribution in [0.15, 0.2) is 24.3 Å². The molecule has 1 N–H and O–H groups in total. The largest absolute Gasteiger partial charge is 0.494 e. The Morgan fingerprint density at radius 1 is 1.10 bits per heavy atom. The first kappa shape index (κ1) is 17.0. The maximum atomic E-state index is 10.0. The molecule has 0 aromatic heterocycles. The second-order valence-corrected chi connectivity index (χ2v) is 5.54. The van der Waals surface area contributed by atoms with Crippen molar-refractivity contribution in [2.75, 3.05) is 19.8 Å². The fraction of sp³-hybridized carbons (Fsp3) is 0.647. The molecule has 20 heavy (non-hydrogen) atoms. The first-order valence-corrected chi connectivity index (χ1v) is 7.62. The molecule has 0 radical (unpaired) electrons. The summed E-state index contributed by atoms with van der Waals surface area (Å²) in [5.41, 5.74) is 0.873. The Morgan fingerprint density at radius 3 is 2.40 bits per heavy atom. The summed E-state index contributed by atoms with van der Waals surface area (Å²) in [5, 5.41) is 10.0. The van der Waals surface area contributed by atoms with Crippen LogP contribution >= 0.6 is 0 Å². The molecule has 114 valence electrons. The van der Waals surface area contributed by atoms with Crippen molar-refractivity contribution >= 4 is 0 Å². The van der Waals surface area contributed by atoms with Gasteiger partial charge in [-0.1, -0.05) is 32.9 Å². The Labute approximate surface area is 122 Å². The van der Waals surface area contributed by atoms with E-state index in [4.69, 9.17) is 9.47 Å². The minimum absolute atomic E-state index is 0.354. The molecule has 1 aromatic rings. The highest BCUT2D eigenvalue weighted by Crippen LogP contribution is 2.18. The van der Waals surface area contributed by atoms with Crippen molar-refractivity contribution in [3.8, 4) is 5.75 Å². The fourth-order valence-electron chi connectivity index (χ4n) is 1.89. The molecule has 0 saturated heterocycles. The molecule has 1 rings (SSSR count). The van der Waals surface area contributed by atoms with Gasteiger partial charge >= 0.3 is 0 Å². The van der Waals surface area contributed by atoms with Crippen molar-refractivity contribution in [3.05, 3.63) is 29.8 Å². The summed E-state index contributed by atoms with van der Waals surface area (Å²) >= 11 is 0. The third-order valence-corrected chi connectivity index (χ3v) is 3.08. The molecule has 0 amide bonds. The van der Waals surface area contributed by atoms with Crippen molar-refractivity contribution in [1.82, 2.24) is 0 Å². The SMILES string of the molecule is CCCOc1ccc(C(O)COCCCC(C)C)cc1. The molecule has 0 spiro atoms. The number of ether oxygens (including phenoxy) is 2. The second kappa shape index (κ2) is 9.78. The highest BCUT2D eigenvalue weighted by molar-refractivity contribution is 5.28. The van der Waals surface area contributed by atoms with Gasteiger partial charge in [0.15, 0.2) is 0 Å². The third-order valence-electron chi connectivity index (χ3n) is 3.08. The molecule has 3 nitrogen and oxygen atoms in total. The fourth-order valence-corrected chi connectivity index (χ4v) is 1.89. The second-order valence-electron chi connectivity index (χ2n) is 5.54. The summed E-state index contributed by atoms with van der Waals surface area (Å²) in [6.45, 7) is 8.28. The van der Waals surface area contributed by atoms with Gasteiger partial charge in [0.1, 0.15) is 11.9 Å². The summed E-state index contributed by atoms with van der Waals surface area (Å²) < 4.78 is 11.0. The van der Waals surface area contributed by atoms with Gasteiger partial charge in [0.25, 0.3) is 0 Å². The van der Waals surface area contributed by atoms with Crippen LogP contribution in [-0.4, -0.2) is 24.9 Å². The number of hydrogen-bond donors (Lipinski definition) is 1. The molecule has 1 atom stereocenters. The van der Waals surface area contributed by atoms with Crippen LogP contribution in [0, 0.1) is 5.92 Å². The molecular weight excluding hydrogens is 252 g/mol. The van der Waals surface area contributed by atoms with E-state index in [1.54, 1.807) is 0 Å². The molecule has 0 fully saturated rings. The Kier molecular flexibility index (Phi) is 8.31. The number of rotatable bonds is 10. The van der Waals surface area contributed by atoms with Crippen LogP contribution in [0.2, 0.25) is 0 Å². The molecule has 0 bridgehead atoms. The third kappa shape index (κ3) is 6.92. The maximum absolute atomic E-state index is 10.0. The van der Waals surface area contributed by atoms with Crippen LogP contribution < -0.4 is 4.74 Å². The molecular formula is C17H28O3. The zero-order chi connectivity index (χ0) is 14.8. The lowest BCUT2D eigenvalue weighted by molar-refractivity contribution is 0.0337. The van der Waals surface area contributed by atoms with E-state index in [2.05, 4.69) is 20.8 Å². The van der Waals surface area contributed by atoms with Crippen molar-refractivity contribution in [3.63, 3.8) is 0 Å². The van der Waals surface area contributed by atoms with E-state index in [0.29, 0.717) is 19.1 Å². The van der Waals surface area contributed by atoms with E-state index in [-0.39, 0.29) is 0 Å². The predicted molar refractivity (Wildman–Crippen MR) is 82.1 cm³/mol. The van der Waals surface area contributed by atoms with E-state index < -0.39 is 6.10 Å². The Hall–Kier alpha value is -1.06. The van der Waals surface area contributed by atoms with E-state index in [1.165, 1.54) is 6.42 Å². The predicted octanol–water partition coefficient (Wildman–Crippen LogP) is 3.96. The first-order chi connectivity index (χ1) is 9.63. The van der Waals surface area contributed by atoms with Crippen LogP contribution in [0.3, 0.4) is 0 Å². The highest BCUT2D eigenvalue weighted by Gasteiger charge is 2.07. The number of aliphatic hydroxyl groups is 1. The summed E-state index contributed by atoms with van der Waals surface area (Å²) in [4.78, 5) is 0. The van der Waals surface area contributed by atoms with Gasteiger partial charge in [-0.25, -0.2) is 0 Å². The van der Waals surface area contributed by atoms with Crippen LogP contribution in [0.5, 0.6) is 5.75 Å². The maximum Gasteiger partial charge on any atom is 0.119 e. The van der Waals surface area contributed by atoms with Gasteiger partial charge in [-0.3, -0.25) is 0 Å². The molecule has 3 heteroatoms. The van der Waals surface area contributed by atoms with E-state index in [0.717, 1.165) is 30.8 Å². The van der Waals surface area contributed by atoms with Crippen LogP contribution in [-0.2, 0) is 4.74 Å². The van der Waals surface area contributed by atoms with E-state index in [1.807, 2.05) is 24.3 Å². The lowest BCUT2D eigenvalue weighted by atomic mass is 10.1. The molecule has 0 heterocycles. The molecule has 1 aromatic carbocycles. The molecule has 0 aliphatic heterocycles. The van der Waals surface area contributed by atoms with Crippen molar-refractivity contribution in [2.45, 2.75) is 46.1 Å². The van der Waals surface area contributed by atoms with Crippen LogP contribution in [0.4, 0.5) is 0 Å². The van der Waals surface area contributed by atoms with Gasteiger partial charge in [-0.2, -0.15) is 0 Å². The zero-order valence-corrected chi connectivity index (χ0v) is 13.0. The van der Waals surface area contributed by atoms with Gasteiger partial charge < -0.3 is 14.6 Å². The lowest BCUT2D eigenvalue weighted by Crippen LogP contribution is -2.08.